The van der Waals surface area contributed by atoms with Crippen LogP contribution in [0.1, 0.15) is 35.3 Å². The van der Waals surface area contributed by atoms with Crippen LogP contribution in [0.4, 0.5) is 5.69 Å². The second-order valence-electron chi connectivity index (χ2n) is 6.62. The van der Waals surface area contributed by atoms with Gasteiger partial charge in [0, 0.05) is 5.56 Å². The topological polar surface area (TPSA) is 106 Å². The van der Waals surface area contributed by atoms with Gasteiger partial charge in [-0.15, -0.1) is 0 Å². The van der Waals surface area contributed by atoms with Crippen LogP contribution in [0, 0.1) is 0 Å². The van der Waals surface area contributed by atoms with E-state index in [0.29, 0.717) is 11.3 Å². The summed E-state index contributed by atoms with van der Waals surface area (Å²) in [7, 11) is 0. The average Bonchev–Trinajstić information content (AvgIpc) is 2.77. The molecule has 0 heterocycles. The van der Waals surface area contributed by atoms with Gasteiger partial charge in [-0.05, 0) is 97.8 Å². The average molecular weight is 402 g/mol. The minimum atomic E-state index is -0.330. The molecule has 0 fully saturated rings. The summed E-state index contributed by atoms with van der Waals surface area (Å²) in [6, 6.07) is 20.2. The molecule has 4 N–H and O–H groups in total. The summed E-state index contributed by atoms with van der Waals surface area (Å²) in [5.74, 6) is 0.0475. The minimum Gasteiger partial charge on any atom is -0.508 e. The maximum atomic E-state index is 12.3. The van der Waals surface area contributed by atoms with Crippen molar-refractivity contribution in [3.05, 3.63) is 89.5 Å². The number of carbonyl (C=O) groups excluding carboxylic acids is 1. The number of nitrogens with zero attached hydrogens (tertiary/aromatic N) is 2. The van der Waals surface area contributed by atoms with E-state index in [1.54, 1.807) is 79.7 Å². The van der Waals surface area contributed by atoms with Gasteiger partial charge in [-0.3, -0.25) is 10.2 Å². The van der Waals surface area contributed by atoms with Gasteiger partial charge >= 0.3 is 0 Å². The quantitative estimate of drug-likeness (QED) is 0.368. The number of carbonyl (C=O) groups is 1. The van der Waals surface area contributed by atoms with Gasteiger partial charge in [0.15, 0.2) is 0 Å². The van der Waals surface area contributed by atoms with Crippen molar-refractivity contribution in [2.75, 3.05) is 5.43 Å². The molecule has 0 aliphatic rings. The first-order chi connectivity index (χ1) is 14.4. The second kappa shape index (κ2) is 9.38. The fourth-order valence-corrected chi connectivity index (χ4v) is 2.58. The molecule has 0 radical (unpaired) electrons. The van der Waals surface area contributed by atoms with Crippen molar-refractivity contribution in [3.63, 3.8) is 0 Å². The summed E-state index contributed by atoms with van der Waals surface area (Å²) in [6.45, 7) is 3.63. The number of anilines is 1. The molecule has 0 saturated carbocycles. The van der Waals surface area contributed by atoms with Crippen LogP contribution in [0.5, 0.6) is 11.5 Å². The van der Waals surface area contributed by atoms with Gasteiger partial charge in [0.1, 0.15) is 11.5 Å². The highest BCUT2D eigenvalue weighted by Crippen LogP contribution is 2.13. The highest BCUT2D eigenvalue weighted by atomic mass is 16.3. The molecular formula is C23H22N4O3. The minimum absolute atomic E-state index is 0.173. The molecule has 0 atom stereocenters. The SMILES string of the molecule is C/C(=N\NC(=O)c1ccc(N/N=C(\C)c2ccc(O)cc2)cc1)c1ccc(O)cc1. The lowest BCUT2D eigenvalue weighted by Crippen LogP contribution is -2.19. The Morgan fingerprint density at radius 1 is 0.667 bits per heavy atom. The van der Waals surface area contributed by atoms with Gasteiger partial charge in [0.05, 0.1) is 17.1 Å². The van der Waals surface area contributed by atoms with Crippen LogP contribution in [0.3, 0.4) is 0 Å². The first-order valence-corrected chi connectivity index (χ1v) is 9.26. The van der Waals surface area contributed by atoms with Crippen molar-refractivity contribution >= 4 is 23.0 Å². The molecule has 0 spiro atoms. The third-order valence-corrected chi connectivity index (χ3v) is 4.40. The van der Waals surface area contributed by atoms with Gasteiger partial charge < -0.3 is 10.2 Å². The fourth-order valence-electron chi connectivity index (χ4n) is 2.58. The maximum Gasteiger partial charge on any atom is 0.271 e. The largest absolute Gasteiger partial charge is 0.508 e. The van der Waals surface area contributed by atoms with Crippen molar-refractivity contribution in [3.8, 4) is 11.5 Å². The number of hydrazone groups is 2. The Labute approximate surface area is 174 Å². The molecule has 0 aromatic heterocycles. The van der Waals surface area contributed by atoms with Crippen molar-refractivity contribution in [2.24, 2.45) is 10.2 Å². The predicted octanol–water partition coefficient (Wildman–Crippen LogP) is 4.09. The maximum absolute atomic E-state index is 12.3. The molecule has 0 unspecified atom stereocenters. The second-order valence-corrected chi connectivity index (χ2v) is 6.62. The molecule has 7 heteroatoms. The van der Waals surface area contributed by atoms with E-state index in [2.05, 4.69) is 21.1 Å². The molecular weight excluding hydrogens is 380 g/mol. The number of hydrogen-bond acceptors (Lipinski definition) is 6. The van der Waals surface area contributed by atoms with E-state index in [0.717, 1.165) is 22.5 Å². The smallest absolute Gasteiger partial charge is 0.271 e. The van der Waals surface area contributed by atoms with Crippen LogP contribution in [0.15, 0.2) is 83.0 Å². The van der Waals surface area contributed by atoms with Gasteiger partial charge in [-0.1, -0.05) is 0 Å². The summed E-state index contributed by atoms with van der Waals surface area (Å²) >= 11 is 0. The molecule has 1 amide bonds. The van der Waals surface area contributed by atoms with E-state index in [1.807, 2.05) is 6.92 Å². The molecule has 0 aliphatic carbocycles. The monoisotopic (exact) mass is 402 g/mol. The normalized spacial score (nSPS) is 11.8. The van der Waals surface area contributed by atoms with Crippen LogP contribution in [-0.4, -0.2) is 27.5 Å². The third kappa shape index (κ3) is 5.45. The summed E-state index contributed by atoms with van der Waals surface area (Å²) in [5, 5.41) is 27.1. The van der Waals surface area contributed by atoms with E-state index in [1.165, 1.54) is 0 Å². The van der Waals surface area contributed by atoms with Gasteiger partial charge in [0.2, 0.25) is 0 Å². The van der Waals surface area contributed by atoms with E-state index >= 15 is 0 Å². The molecule has 3 aromatic rings. The zero-order valence-corrected chi connectivity index (χ0v) is 16.6. The van der Waals surface area contributed by atoms with Gasteiger partial charge in [-0.25, -0.2) is 5.43 Å². The summed E-state index contributed by atoms with van der Waals surface area (Å²) in [4.78, 5) is 12.3. The zero-order valence-electron chi connectivity index (χ0n) is 16.6. The molecule has 3 aromatic carbocycles. The number of aromatic hydroxyl groups is 2. The van der Waals surface area contributed by atoms with Crippen molar-refractivity contribution in [1.29, 1.82) is 0 Å². The molecule has 0 bridgehead atoms. The Hall–Kier alpha value is -4.13. The van der Waals surface area contributed by atoms with E-state index < -0.39 is 0 Å². The molecule has 7 nitrogen and oxygen atoms in total. The molecule has 0 saturated heterocycles. The van der Waals surface area contributed by atoms with Crippen LogP contribution < -0.4 is 10.9 Å². The summed E-state index contributed by atoms with van der Waals surface area (Å²) < 4.78 is 0. The fraction of sp³-hybridized carbons (Fsp3) is 0.0870. The van der Waals surface area contributed by atoms with E-state index in [-0.39, 0.29) is 17.4 Å². The number of benzene rings is 3. The van der Waals surface area contributed by atoms with Crippen LogP contribution in [0.2, 0.25) is 0 Å². The zero-order chi connectivity index (χ0) is 21.5. The van der Waals surface area contributed by atoms with Crippen LogP contribution >= 0.6 is 0 Å². The number of amides is 1. The molecule has 152 valence electrons. The number of phenolic OH excluding ortho intramolecular Hbond substituents is 2. The number of hydrogen-bond donors (Lipinski definition) is 4. The van der Waals surface area contributed by atoms with Crippen molar-refractivity contribution in [1.82, 2.24) is 5.43 Å². The Morgan fingerprint density at radius 2 is 1.10 bits per heavy atom. The summed E-state index contributed by atoms with van der Waals surface area (Å²) in [5.41, 5.74) is 9.74. The van der Waals surface area contributed by atoms with E-state index in [9.17, 15) is 15.0 Å². The van der Waals surface area contributed by atoms with Crippen LogP contribution in [-0.2, 0) is 0 Å². The third-order valence-electron chi connectivity index (χ3n) is 4.40. The number of nitrogens with one attached hydrogen (secondary N) is 2. The number of phenols is 2. The van der Waals surface area contributed by atoms with Crippen molar-refractivity contribution in [2.45, 2.75) is 13.8 Å². The Morgan fingerprint density at radius 3 is 1.60 bits per heavy atom. The Kier molecular flexibility index (Phi) is 6.44. The highest BCUT2D eigenvalue weighted by Gasteiger charge is 2.05. The number of rotatable bonds is 6. The van der Waals surface area contributed by atoms with Gasteiger partial charge in [-0.2, -0.15) is 10.2 Å². The molecule has 0 aliphatic heterocycles. The Bertz CT molecular complexity index is 1070. The lowest BCUT2D eigenvalue weighted by molar-refractivity contribution is 0.0955. The van der Waals surface area contributed by atoms with Crippen molar-refractivity contribution < 1.29 is 15.0 Å². The standard InChI is InChI=1S/C23H22N4O3/c1-15(17-5-11-21(28)12-6-17)24-26-20-9-3-19(4-10-20)23(30)27-25-16(2)18-7-13-22(29)14-8-18/h3-14,26,28-29H,1-2H3,(H,27,30)/b24-15+,25-16+. The van der Waals surface area contributed by atoms with Gasteiger partial charge in [0.25, 0.3) is 5.91 Å². The van der Waals surface area contributed by atoms with E-state index in [4.69, 9.17) is 0 Å². The molecule has 3 rings (SSSR count). The summed E-state index contributed by atoms with van der Waals surface area (Å²) in [6.07, 6.45) is 0. The lowest BCUT2D eigenvalue weighted by atomic mass is 10.1. The first-order valence-electron chi connectivity index (χ1n) is 9.26. The highest BCUT2D eigenvalue weighted by molar-refractivity contribution is 6.01. The Balaban J connectivity index is 1.60. The van der Waals surface area contributed by atoms with Crippen LogP contribution in [0.25, 0.3) is 0 Å². The predicted molar refractivity (Wildman–Crippen MR) is 118 cm³/mol. The lowest BCUT2D eigenvalue weighted by Gasteiger charge is -2.06. The molecule has 30 heavy (non-hydrogen) atoms. The first kappa shape index (κ1) is 20.6.